The maximum Gasteiger partial charge on any atom is 0.330 e. The quantitative estimate of drug-likeness (QED) is 0.172. The SMILES string of the molecule is COC(=O)/C=C/c1cn(-c2ccc([N+](=O)[O-])cc2C)c2ncc(OCc3ccccc3)cc12. The van der Waals surface area contributed by atoms with Crippen LogP contribution in [0.3, 0.4) is 0 Å². The fourth-order valence-electron chi connectivity index (χ4n) is 3.50. The van der Waals surface area contributed by atoms with E-state index in [1.165, 1.54) is 25.3 Å². The van der Waals surface area contributed by atoms with Crippen LogP contribution in [-0.4, -0.2) is 27.6 Å². The Hall–Kier alpha value is -4.46. The number of rotatable bonds is 7. The molecule has 0 unspecified atom stereocenters. The molecule has 8 nitrogen and oxygen atoms in total. The Morgan fingerprint density at radius 1 is 1.18 bits per heavy atom. The van der Waals surface area contributed by atoms with E-state index in [0.717, 1.165) is 27.8 Å². The number of nitro groups is 1. The third-order valence-electron chi connectivity index (χ3n) is 5.15. The summed E-state index contributed by atoms with van der Waals surface area (Å²) in [5, 5.41) is 11.9. The molecule has 0 bridgehead atoms. The maximum atomic E-state index is 11.7. The summed E-state index contributed by atoms with van der Waals surface area (Å²) in [7, 11) is 1.31. The number of methoxy groups -OCH3 is 1. The van der Waals surface area contributed by atoms with Gasteiger partial charge in [-0.2, -0.15) is 0 Å². The van der Waals surface area contributed by atoms with E-state index in [-0.39, 0.29) is 5.69 Å². The van der Waals surface area contributed by atoms with E-state index in [1.54, 1.807) is 25.3 Å². The highest BCUT2D eigenvalue weighted by Gasteiger charge is 2.15. The third kappa shape index (κ3) is 4.74. The van der Waals surface area contributed by atoms with Gasteiger partial charge in [-0.3, -0.25) is 10.1 Å². The summed E-state index contributed by atoms with van der Waals surface area (Å²) in [6.07, 6.45) is 6.44. The number of nitro benzene ring substituents is 1. The predicted octanol–water partition coefficient (Wildman–Crippen LogP) is 5.01. The van der Waals surface area contributed by atoms with Gasteiger partial charge in [-0.15, -0.1) is 0 Å². The number of non-ortho nitro benzene ring substituents is 1. The summed E-state index contributed by atoms with van der Waals surface area (Å²) in [6, 6.07) is 16.3. The van der Waals surface area contributed by atoms with Crippen LogP contribution in [-0.2, 0) is 16.1 Å². The second kappa shape index (κ2) is 9.35. The number of carbonyl (C=O) groups excluding carboxylic acids is 1. The molecule has 4 rings (SSSR count). The molecule has 0 saturated heterocycles. The molecule has 0 aliphatic carbocycles. The molecule has 0 atom stereocenters. The van der Waals surface area contributed by atoms with Crippen molar-refractivity contribution in [3.63, 3.8) is 0 Å². The number of aryl methyl sites for hydroxylation is 1. The molecule has 0 radical (unpaired) electrons. The number of carbonyl (C=O) groups is 1. The van der Waals surface area contributed by atoms with Gasteiger partial charge in [0.2, 0.25) is 0 Å². The van der Waals surface area contributed by atoms with Gasteiger partial charge in [0.1, 0.15) is 18.0 Å². The summed E-state index contributed by atoms with van der Waals surface area (Å²) in [5.74, 6) is 0.101. The van der Waals surface area contributed by atoms with Gasteiger partial charge in [-0.25, -0.2) is 9.78 Å². The minimum absolute atomic E-state index is 0.0167. The number of fused-ring (bicyclic) bond motifs is 1. The lowest BCUT2D eigenvalue weighted by atomic mass is 10.2. The minimum Gasteiger partial charge on any atom is -0.487 e. The Labute approximate surface area is 189 Å². The highest BCUT2D eigenvalue weighted by molar-refractivity contribution is 5.94. The number of nitrogens with zero attached hydrogens (tertiary/aromatic N) is 3. The van der Waals surface area contributed by atoms with Crippen molar-refractivity contribution in [2.24, 2.45) is 0 Å². The molecule has 2 heterocycles. The first-order valence-electron chi connectivity index (χ1n) is 10.2. The average Bonchev–Trinajstić information content (AvgIpc) is 3.19. The topological polar surface area (TPSA) is 96.5 Å². The Morgan fingerprint density at radius 3 is 2.67 bits per heavy atom. The molecule has 166 valence electrons. The van der Waals surface area contributed by atoms with Crippen molar-refractivity contribution in [3.05, 3.63) is 99.9 Å². The van der Waals surface area contributed by atoms with Crippen molar-refractivity contribution >= 4 is 28.8 Å². The second-order valence-electron chi connectivity index (χ2n) is 7.36. The number of esters is 1. The lowest BCUT2D eigenvalue weighted by Crippen LogP contribution is -1.99. The molecule has 4 aromatic rings. The smallest absolute Gasteiger partial charge is 0.330 e. The Morgan fingerprint density at radius 2 is 1.97 bits per heavy atom. The van der Waals surface area contributed by atoms with Crippen molar-refractivity contribution < 1.29 is 19.2 Å². The molecule has 2 aromatic carbocycles. The highest BCUT2D eigenvalue weighted by atomic mass is 16.6. The van der Waals surface area contributed by atoms with Gasteiger partial charge in [0.25, 0.3) is 5.69 Å². The number of ether oxygens (including phenoxy) is 2. The number of hydrogen-bond acceptors (Lipinski definition) is 6. The van der Waals surface area contributed by atoms with Crippen molar-refractivity contribution in [1.82, 2.24) is 9.55 Å². The Balaban J connectivity index is 1.77. The summed E-state index contributed by atoms with van der Waals surface area (Å²) >= 11 is 0. The molecular formula is C25H21N3O5. The zero-order chi connectivity index (χ0) is 23.4. The fraction of sp³-hybridized carbons (Fsp3) is 0.120. The zero-order valence-electron chi connectivity index (χ0n) is 18.1. The van der Waals surface area contributed by atoms with Crippen LogP contribution in [0.25, 0.3) is 22.8 Å². The van der Waals surface area contributed by atoms with Gasteiger partial charge in [0.05, 0.1) is 23.9 Å². The standard InChI is InChI=1S/C25H21N3O5/c1-17-12-20(28(30)31)9-10-23(17)27-15-19(8-11-24(29)32-2)22-13-21(14-26-25(22)27)33-16-18-6-4-3-5-7-18/h3-15H,16H2,1-2H3/b11-8+. The van der Waals surface area contributed by atoms with Crippen LogP contribution in [0.5, 0.6) is 5.75 Å². The molecule has 0 saturated carbocycles. The number of benzene rings is 2. The van der Waals surface area contributed by atoms with Gasteiger partial charge in [-0.05, 0) is 36.3 Å². The normalized spacial score (nSPS) is 11.1. The highest BCUT2D eigenvalue weighted by Crippen LogP contribution is 2.30. The van der Waals surface area contributed by atoms with E-state index < -0.39 is 10.9 Å². The van der Waals surface area contributed by atoms with Crippen molar-refractivity contribution in [2.45, 2.75) is 13.5 Å². The molecule has 33 heavy (non-hydrogen) atoms. The van der Waals surface area contributed by atoms with Crippen molar-refractivity contribution in [3.8, 4) is 11.4 Å². The first-order valence-corrected chi connectivity index (χ1v) is 10.2. The summed E-state index contributed by atoms with van der Waals surface area (Å²) in [5.41, 5.74) is 3.87. The van der Waals surface area contributed by atoms with Crippen LogP contribution < -0.4 is 4.74 Å². The Kier molecular flexibility index (Phi) is 6.17. The molecule has 0 aliphatic rings. The van der Waals surface area contributed by atoms with E-state index in [9.17, 15) is 14.9 Å². The van der Waals surface area contributed by atoms with Gasteiger partial charge >= 0.3 is 5.97 Å². The van der Waals surface area contributed by atoms with E-state index in [2.05, 4.69) is 4.98 Å². The van der Waals surface area contributed by atoms with Crippen LogP contribution in [0.2, 0.25) is 0 Å². The van der Waals surface area contributed by atoms with Gasteiger partial charge < -0.3 is 14.0 Å². The van der Waals surface area contributed by atoms with E-state index in [0.29, 0.717) is 18.0 Å². The first kappa shape index (κ1) is 21.8. The number of aromatic nitrogens is 2. The molecule has 0 fully saturated rings. The Bertz CT molecular complexity index is 1360. The summed E-state index contributed by atoms with van der Waals surface area (Å²) in [6.45, 7) is 2.19. The largest absolute Gasteiger partial charge is 0.487 e. The minimum atomic E-state index is -0.480. The third-order valence-corrected chi connectivity index (χ3v) is 5.15. The molecule has 0 N–H and O–H groups in total. The molecular weight excluding hydrogens is 422 g/mol. The zero-order valence-corrected chi connectivity index (χ0v) is 18.1. The second-order valence-corrected chi connectivity index (χ2v) is 7.36. The van der Waals surface area contributed by atoms with E-state index in [1.807, 2.05) is 47.2 Å². The molecule has 0 aliphatic heterocycles. The summed E-state index contributed by atoms with van der Waals surface area (Å²) < 4.78 is 12.5. The van der Waals surface area contributed by atoms with Gasteiger partial charge in [0.15, 0.2) is 0 Å². The van der Waals surface area contributed by atoms with Crippen LogP contribution in [0, 0.1) is 17.0 Å². The molecule has 2 aromatic heterocycles. The van der Waals surface area contributed by atoms with Crippen LogP contribution >= 0.6 is 0 Å². The number of pyridine rings is 1. The van der Waals surface area contributed by atoms with Crippen LogP contribution in [0.1, 0.15) is 16.7 Å². The monoisotopic (exact) mass is 443 g/mol. The maximum absolute atomic E-state index is 11.7. The first-order chi connectivity index (χ1) is 16.0. The molecule has 8 heteroatoms. The molecule has 0 amide bonds. The average molecular weight is 443 g/mol. The van der Waals surface area contributed by atoms with Crippen LogP contribution in [0.15, 0.2) is 73.1 Å². The lowest BCUT2D eigenvalue weighted by Gasteiger charge is -2.09. The van der Waals surface area contributed by atoms with Gasteiger partial charge in [-0.1, -0.05) is 30.3 Å². The lowest BCUT2D eigenvalue weighted by molar-refractivity contribution is -0.384. The molecule has 0 spiro atoms. The summed E-state index contributed by atoms with van der Waals surface area (Å²) in [4.78, 5) is 26.9. The van der Waals surface area contributed by atoms with E-state index in [4.69, 9.17) is 9.47 Å². The fourth-order valence-corrected chi connectivity index (χ4v) is 3.50. The van der Waals surface area contributed by atoms with Gasteiger partial charge in [0, 0.05) is 35.4 Å². The van der Waals surface area contributed by atoms with Crippen molar-refractivity contribution in [2.75, 3.05) is 7.11 Å². The van der Waals surface area contributed by atoms with Crippen molar-refractivity contribution in [1.29, 1.82) is 0 Å². The number of hydrogen-bond donors (Lipinski definition) is 0. The predicted molar refractivity (Wildman–Crippen MR) is 124 cm³/mol. The van der Waals surface area contributed by atoms with E-state index >= 15 is 0 Å². The van der Waals surface area contributed by atoms with Crippen LogP contribution in [0.4, 0.5) is 5.69 Å².